The van der Waals surface area contributed by atoms with E-state index in [1.165, 1.54) is 19.3 Å². The normalized spacial score (nSPS) is 24.4. The molecule has 0 atom stereocenters. The highest BCUT2D eigenvalue weighted by atomic mass is 16.7. The van der Waals surface area contributed by atoms with Gasteiger partial charge in [-0.1, -0.05) is 0 Å². The van der Waals surface area contributed by atoms with Crippen LogP contribution in [0.1, 0.15) is 47.0 Å². The van der Waals surface area contributed by atoms with Crippen LogP contribution in [0, 0.1) is 0 Å². The average Bonchev–Trinajstić information content (AvgIpc) is 2.69. The molecule has 0 aliphatic carbocycles. The van der Waals surface area contributed by atoms with Gasteiger partial charge in [-0.2, -0.15) is 0 Å². The molecule has 6 heteroatoms. The number of aromatic nitrogens is 2. The largest absolute Gasteiger partial charge is 0.514 e. The van der Waals surface area contributed by atoms with Gasteiger partial charge in [-0.3, -0.25) is 0 Å². The Morgan fingerprint density at radius 1 is 1.00 bits per heavy atom. The molecule has 2 aliphatic heterocycles. The first-order valence-corrected chi connectivity index (χ1v) is 7.82. The van der Waals surface area contributed by atoms with Crippen LogP contribution in [0.3, 0.4) is 0 Å². The quantitative estimate of drug-likeness (QED) is 0.776. The summed E-state index contributed by atoms with van der Waals surface area (Å²) in [6.45, 7) is 10.4. The van der Waals surface area contributed by atoms with E-state index in [2.05, 4.69) is 42.6 Å². The lowest BCUT2D eigenvalue weighted by Gasteiger charge is -2.32. The van der Waals surface area contributed by atoms with Crippen LogP contribution in [0.5, 0.6) is 0 Å². The molecule has 0 spiro atoms. The lowest BCUT2D eigenvalue weighted by Crippen LogP contribution is -2.41. The second kappa shape index (κ2) is 5.25. The fourth-order valence-electron chi connectivity index (χ4n) is 2.75. The average molecular weight is 289 g/mol. The van der Waals surface area contributed by atoms with Crippen molar-refractivity contribution in [3.8, 4) is 0 Å². The van der Waals surface area contributed by atoms with Gasteiger partial charge in [0.2, 0.25) is 0 Å². The highest BCUT2D eigenvalue weighted by molar-refractivity contribution is 6.61. The molecule has 3 heterocycles. The Kier molecular flexibility index (Phi) is 3.70. The Hall–Kier alpha value is -1.14. The van der Waals surface area contributed by atoms with E-state index in [9.17, 15) is 0 Å². The highest BCUT2D eigenvalue weighted by Gasteiger charge is 2.52. The topological polar surface area (TPSA) is 47.5 Å². The van der Waals surface area contributed by atoms with Gasteiger partial charge in [0.15, 0.2) is 0 Å². The third-order valence-electron chi connectivity index (χ3n) is 4.85. The van der Waals surface area contributed by atoms with Gasteiger partial charge in [0.1, 0.15) is 12.1 Å². The van der Waals surface area contributed by atoms with Crippen LogP contribution in [-0.2, 0) is 9.31 Å². The summed E-state index contributed by atoms with van der Waals surface area (Å²) in [7, 11) is -0.415. The fraction of sp³-hybridized carbons (Fsp3) is 0.733. The van der Waals surface area contributed by atoms with Crippen molar-refractivity contribution in [2.75, 3.05) is 18.0 Å². The minimum atomic E-state index is -0.415. The van der Waals surface area contributed by atoms with Gasteiger partial charge in [-0.15, -0.1) is 0 Å². The van der Waals surface area contributed by atoms with E-state index in [0.29, 0.717) is 0 Å². The molecule has 0 N–H and O–H groups in total. The molecule has 0 radical (unpaired) electrons. The third kappa shape index (κ3) is 2.79. The van der Waals surface area contributed by atoms with Gasteiger partial charge in [0, 0.05) is 13.1 Å². The predicted octanol–water partition coefficient (Wildman–Crippen LogP) is 1.77. The van der Waals surface area contributed by atoms with Crippen LogP contribution in [0.2, 0.25) is 0 Å². The predicted molar refractivity (Wildman–Crippen MR) is 83.8 cm³/mol. The summed E-state index contributed by atoms with van der Waals surface area (Å²) in [5.41, 5.74) is 0.131. The van der Waals surface area contributed by atoms with Crippen LogP contribution in [0.15, 0.2) is 12.4 Å². The summed E-state index contributed by atoms with van der Waals surface area (Å²) in [6, 6.07) is 2.01. The molecule has 3 rings (SSSR count). The molecule has 0 amide bonds. The van der Waals surface area contributed by atoms with E-state index in [0.717, 1.165) is 24.5 Å². The van der Waals surface area contributed by atoms with E-state index in [1.807, 2.05) is 6.07 Å². The number of rotatable bonds is 2. The molecule has 21 heavy (non-hydrogen) atoms. The van der Waals surface area contributed by atoms with Crippen molar-refractivity contribution >= 4 is 18.5 Å². The molecule has 0 unspecified atom stereocenters. The lowest BCUT2D eigenvalue weighted by molar-refractivity contribution is 0.00578. The number of piperidine rings is 1. The molecule has 1 aromatic heterocycles. The monoisotopic (exact) mass is 289 g/mol. The zero-order valence-electron chi connectivity index (χ0n) is 13.4. The van der Waals surface area contributed by atoms with Gasteiger partial charge in [-0.25, -0.2) is 9.97 Å². The Morgan fingerprint density at radius 3 is 2.24 bits per heavy atom. The zero-order chi connectivity index (χ0) is 15.1. The smallest absolute Gasteiger partial charge is 0.398 e. The van der Waals surface area contributed by atoms with Crippen LogP contribution >= 0.6 is 0 Å². The lowest BCUT2D eigenvalue weighted by atomic mass is 9.84. The molecule has 0 saturated carbocycles. The summed E-state index contributed by atoms with van der Waals surface area (Å²) in [5.74, 6) is 0.981. The van der Waals surface area contributed by atoms with E-state index in [4.69, 9.17) is 9.31 Å². The van der Waals surface area contributed by atoms with Crippen molar-refractivity contribution in [3.63, 3.8) is 0 Å². The SMILES string of the molecule is CC1(C)OB(c2cc(N3CCCCC3)ncn2)OC1(C)C. The molecule has 0 aromatic carbocycles. The number of nitrogens with zero attached hydrogens (tertiary/aromatic N) is 3. The van der Waals surface area contributed by atoms with Gasteiger partial charge >= 0.3 is 7.12 Å². The molecule has 2 aliphatic rings. The Morgan fingerprint density at radius 2 is 1.62 bits per heavy atom. The van der Waals surface area contributed by atoms with Crippen molar-refractivity contribution in [3.05, 3.63) is 12.4 Å². The minimum Gasteiger partial charge on any atom is -0.398 e. The second-order valence-corrected chi connectivity index (χ2v) is 6.94. The molecule has 5 nitrogen and oxygen atoms in total. The maximum Gasteiger partial charge on any atom is 0.514 e. The maximum absolute atomic E-state index is 6.06. The summed E-state index contributed by atoms with van der Waals surface area (Å²) < 4.78 is 12.1. The van der Waals surface area contributed by atoms with Crippen LogP contribution in [0.25, 0.3) is 0 Å². The molecular weight excluding hydrogens is 265 g/mol. The van der Waals surface area contributed by atoms with Crippen LogP contribution in [0.4, 0.5) is 5.82 Å². The van der Waals surface area contributed by atoms with Crippen molar-refractivity contribution in [1.82, 2.24) is 9.97 Å². The number of anilines is 1. The van der Waals surface area contributed by atoms with Crippen molar-refractivity contribution < 1.29 is 9.31 Å². The van der Waals surface area contributed by atoms with E-state index in [-0.39, 0.29) is 11.2 Å². The maximum atomic E-state index is 6.06. The first-order valence-electron chi connectivity index (χ1n) is 7.82. The molecule has 1 aromatic rings. The first-order chi connectivity index (χ1) is 9.89. The first kappa shape index (κ1) is 14.8. The summed E-state index contributed by atoms with van der Waals surface area (Å²) in [6.07, 6.45) is 5.39. The van der Waals surface area contributed by atoms with Crippen LogP contribution in [-0.4, -0.2) is 41.4 Å². The number of hydrogen-bond donors (Lipinski definition) is 0. The minimum absolute atomic E-state index is 0.339. The van der Waals surface area contributed by atoms with Crippen molar-refractivity contribution in [2.45, 2.75) is 58.2 Å². The summed E-state index contributed by atoms with van der Waals surface area (Å²) in [4.78, 5) is 11.1. The summed E-state index contributed by atoms with van der Waals surface area (Å²) >= 11 is 0. The highest BCUT2D eigenvalue weighted by Crippen LogP contribution is 2.36. The van der Waals surface area contributed by atoms with E-state index >= 15 is 0 Å². The molecule has 0 bridgehead atoms. The van der Waals surface area contributed by atoms with E-state index in [1.54, 1.807) is 6.33 Å². The molecule has 2 saturated heterocycles. The number of hydrogen-bond acceptors (Lipinski definition) is 5. The Bertz CT molecular complexity index is 499. The second-order valence-electron chi connectivity index (χ2n) is 6.94. The van der Waals surface area contributed by atoms with Gasteiger partial charge < -0.3 is 14.2 Å². The van der Waals surface area contributed by atoms with Gasteiger partial charge in [0.25, 0.3) is 0 Å². The van der Waals surface area contributed by atoms with Crippen LogP contribution < -0.4 is 10.5 Å². The van der Waals surface area contributed by atoms with Crippen molar-refractivity contribution in [2.24, 2.45) is 0 Å². The van der Waals surface area contributed by atoms with Gasteiger partial charge in [-0.05, 0) is 53.0 Å². The third-order valence-corrected chi connectivity index (χ3v) is 4.85. The zero-order valence-corrected chi connectivity index (χ0v) is 13.4. The fourth-order valence-corrected chi connectivity index (χ4v) is 2.75. The molecule has 2 fully saturated rings. The van der Waals surface area contributed by atoms with E-state index < -0.39 is 7.12 Å². The Labute approximate surface area is 127 Å². The summed E-state index contributed by atoms with van der Waals surface area (Å²) in [5, 5.41) is 0. The molecule has 114 valence electrons. The molecular formula is C15H24BN3O2. The van der Waals surface area contributed by atoms with Crippen molar-refractivity contribution in [1.29, 1.82) is 0 Å². The van der Waals surface area contributed by atoms with Gasteiger partial charge in [0.05, 0.1) is 16.8 Å². The Balaban J connectivity index is 1.81. The standard InChI is InChI=1S/C15H24BN3O2/c1-14(2)15(3,4)21-16(20-14)12-10-13(18-11-17-12)19-8-6-5-7-9-19/h10-11H,5-9H2,1-4H3.